The molecule has 0 bridgehead atoms. The summed E-state index contributed by atoms with van der Waals surface area (Å²) < 4.78 is 11.0. The van der Waals surface area contributed by atoms with Gasteiger partial charge in [0.1, 0.15) is 13.2 Å². The molecule has 2 aliphatic rings. The van der Waals surface area contributed by atoms with Crippen LogP contribution in [0.15, 0.2) is 18.2 Å². The monoisotopic (exact) mass is 332 g/mol. The number of amides is 1. The summed E-state index contributed by atoms with van der Waals surface area (Å²) in [5.74, 6) is 1.31. The number of nitrogens with zero attached hydrogens (tertiary/aromatic N) is 2. The van der Waals surface area contributed by atoms with E-state index in [0.717, 1.165) is 32.6 Å². The number of Topliss-reactive ketones (excluding diaryl/α,β-unsaturated/α-hetero) is 1. The van der Waals surface area contributed by atoms with Gasteiger partial charge in [0.15, 0.2) is 17.3 Å². The van der Waals surface area contributed by atoms with Gasteiger partial charge in [0, 0.05) is 38.0 Å². The summed E-state index contributed by atoms with van der Waals surface area (Å²) in [6.45, 7) is 4.45. The fourth-order valence-corrected chi connectivity index (χ4v) is 3.04. The van der Waals surface area contributed by atoms with E-state index in [4.69, 9.17) is 9.47 Å². The second-order valence-electron chi connectivity index (χ2n) is 6.32. The molecular weight excluding hydrogens is 308 g/mol. The molecule has 1 amide bonds. The number of ketones is 1. The van der Waals surface area contributed by atoms with Crippen molar-refractivity contribution in [2.75, 3.05) is 46.4 Å². The molecule has 6 nitrogen and oxygen atoms in total. The standard InChI is InChI=1S/C18H24N2O4/c1-19-7-2-8-20(10-9-19)18(22)6-4-15(21)14-3-5-16-17(13-14)24-12-11-23-16/h3,5,13H,2,4,6-12H2,1H3. The number of benzene rings is 1. The van der Waals surface area contributed by atoms with Gasteiger partial charge < -0.3 is 19.3 Å². The molecule has 0 spiro atoms. The van der Waals surface area contributed by atoms with Gasteiger partial charge in [0.2, 0.25) is 5.91 Å². The minimum Gasteiger partial charge on any atom is -0.486 e. The van der Waals surface area contributed by atoms with Gasteiger partial charge in [-0.15, -0.1) is 0 Å². The predicted octanol–water partition coefficient (Wildman–Crippen LogP) is 1.58. The lowest BCUT2D eigenvalue weighted by Gasteiger charge is -2.20. The smallest absolute Gasteiger partial charge is 0.223 e. The first-order valence-electron chi connectivity index (χ1n) is 8.52. The molecule has 0 aromatic heterocycles. The van der Waals surface area contributed by atoms with E-state index in [9.17, 15) is 9.59 Å². The Kier molecular flexibility index (Phi) is 5.35. The number of fused-ring (bicyclic) bond motifs is 1. The molecule has 0 radical (unpaired) electrons. The van der Waals surface area contributed by atoms with Crippen LogP contribution in [0.4, 0.5) is 0 Å². The molecule has 0 N–H and O–H groups in total. The van der Waals surface area contributed by atoms with E-state index in [1.807, 2.05) is 4.90 Å². The SMILES string of the molecule is CN1CCCN(C(=O)CCC(=O)c2ccc3c(c2)OCCO3)CC1. The Morgan fingerprint density at radius 3 is 2.62 bits per heavy atom. The largest absolute Gasteiger partial charge is 0.486 e. The van der Waals surface area contributed by atoms with Crippen LogP contribution in [-0.4, -0.2) is 67.9 Å². The Morgan fingerprint density at radius 1 is 1.00 bits per heavy atom. The Balaban J connectivity index is 1.54. The van der Waals surface area contributed by atoms with Crippen molar-refractivity contribution in [2.45, 2.75) is 19.3 Å². The number of hydrogen-bond acceptors (Lipinski definition) is 5. The van der Waals surface area contributed by atoms with E-state index in [1.165, 1.54) is 0 Å². The van der Waals surface area contributed by atoms with Crippen LogP contribution in [0.1, 0.15) is 29.6 Å². The summed E-state index contributed by atoms with van der Waals surface area (Å²) in [5.41, 5.74) is 0.572. The van der Waals surface area contributed by atoms with Crippen molar-refractivity contribution >= 4 is 11.7 Å². The maximum absolute atomic E-state index is 12.4. The molecule has 0 aliphatic carbocycles. The van der Waals surface area contributed by atoms with Gasteiger partial charge in [-0.05, 0) is 38.2 Å². The highest BCUT2D eigenvalue weighted by Gasteiger charge is 2.19. The zero-order valence-electron chi connectivity index (χ0n) is 14.1. The fourth-order valence-electron chi connectivity index (χ4n) is 3.04. The molecule has 3 rings (SSSR count). The minimum atomic E-state index is -0.0349. The topological polar surface area (TPSA) is 59.1 Å². The van der Waals surface area contributed by atoms with Gasteiger partial charge in [0.05, 0.1) is 0 Å². The molecule has 24 heavy (non-hydrogen) atoms. The third kappa shape index (κ3) is 4.06. The Hall–Kier alpha value is -2.08. The van der Waals surface area contributed by atoms with E-state index in [1.54, 1.807) is 18.2 Å². The quantitative estimate of drug-likeness (QED) is 0.784. The zero-order valence-corrected chi connectivity index (χ0v) is 14.1. The molecule has 0 saturated carbocycles. The molecule has 1 aromatic carbocycles. The summed E-state index contributed by atoms with van der Waals surface area (Å²) in [6, 6.07) is 5.21. The second kappa shape index (κ2) is 7.66. The number of likely N-dealkylation sites (N-methyl/N-ethyl adjacent to an activating group) is 1. The fraction of sp³-hybridized carbons (Fsp3) is 0.556. The summed E-state index contributed by atoms with van der Waals surface area (Å²) in [4.78, 5) is 28.8. The van der Waals surface area contributed by atoms with Crippen molar-refractivity contribution in [1.82, 2.24) is 9.80 Å². The van der Waals surface area contributed by atoms with Gasteiger partial charge in [-0.1, -0.05) is 0 Å². The first kappa shape index (κ1) is 16.8. The average molecular weight is 332 g/mol. The van der Waals surface area contributed by atoms with Crippen molar-refractivity contribution in [2.24, 2.45) is 0 Å². The number of carbonyl (C=O) groups excluding carboxylic acids is 2. The maximum Gasteiger partial charge on any atom is 0.223 e. The third-order valence-corrected chi connectivity index (χ3v) is 4.50. The Bertz CT molecular complexity index is 617. The van der Waals surface area contributed by atoms with Gasteiger partial charge in [0.25, 0.3) is 0 Å². The van der Waals surface area contributed by atoms with E-state index in [2.05, 4.69) is 11.9 Å². The van der Waals surface area contributed by atoms with Crippen LogP contribution < -0.4 is 9.47 Å². The summed E-state index contributed by atoms with van der Waals surface area (Å²) in [6.07, 6.45) is 1.47. The molecule has 0 atom stereocenters. The van der Waals surface area contributed by atoms with Crippen molar-refractivity contribution < 1.29 is 19.1 Å². The first-order valence-corrected chi connectivity index (χ1v) is 8.52. The second-order valence-corrected chi connectivity index (χ2v) is 6.32. The highest BCUT2D eigenvalue weighted by atomic mass is 16.6. The third-order valence-electron chi connectivity index (χ3n) is 4.50. The van der Waals surface area contributed by atoms with Gasteiger partial charge in [-0.25, -0.2) is 0 Å². The molecule has 2 heterocycles. The van der Waals surface area contributed by atoms with E-state index >= 15 is 0 Å². The highest BCUT2D eigenvalue weighted by Crippen LogP contribution is 2.31. The van der Waals surface area contributed by atoms with Crippen molar-refractivity contribution in [1.29, 1.82) is 0 Å². The molecule has 130 valence electrons. The van der Waals surface area contributed by atoms with E-state index in [-0.39, 0.29) is 24.5 Å². The van der Waals surface area contributed by atoms with Crippen LogP contribution in [0.25, 0.3) is 0 Å². The lowest BCUT2D eigenvalue weighted by molar-refractivity contribution is -0.131. The van der Waals surface area contributed by atoms with E-state index < -0.39 is 0 Å². The molecule has 6 heteroatoms. The lowest BCUT2D eigenvalue weighted by Crippen LogP contribution is -2.34. The molecule has 0 unspecified atom stereocenters. The van der Waals surface area contributed by atoms with Crippen molar-refractivity contribution in [3.05, 3.63) is 23.8 Å². The Morgan fingerprint density at radius 2 is 1.79 bits per heavy atom. The van der Waals surface area contributed by atoms with Crippen LogP contribution in [0.2, 0.25) is 0 Å². The van der Waals surface area contributed by atoms with Crippen LogP contribution >= 0.6 is 0 Å². The molecule has 1 saturated heterocycles. The number of rotatable bonds is 4. The highest BCUT2D eigenvalue weighted by molar-refractivity contribution is 5.98. The molecular formula is C18H24N2O4. The van der Waals surface area contributed by atoms with E-state index in [0.29, 0.717) is 30.3 Å². The minimum absolute atomic E-state index is 0.0349. The number of ether oxygens (including phenoxy) is 2. The van der Waals surface area contributed by atoms with Crippen molar-refractivity contribution in [3.8, 4) is 11.5 Å². The normalized spacial score (nSPS) is 18.1. The van der Waals surface area contributed by atoms with Gasteiger partial charge in [-0.2, -0.15) is 0 Å². The predicted molar refractivity (Wildman–Crippen MR) is 89.7 cm³/mol. The molecule has 1 fully saturated rings. The molecule has 1 aromatic rings. The van der Waals surface area contributed by atoms with Crippen LogP contribution in [0.3, 0.4) is 0 Å². The molecule has 2 aliphatic heterocycles. The number of carbonyl (C=O) groups is 2. The Labute approximate surface area is 142 Å². The van der Waals surface area contributed by atoms with Crippen LogP contribution in [0, 0.1) is 0 Å². The van der Waals surface area contributed by atoms with Crippen molar-refractivity contribution in [3.63, 3.8) is 0 Å². The number of hydrogen-bond donors (Lipinski definition) is 0. The summed E-state index contributed by atoms with van der Waals surface area (Å²) in [5, 5.41) is 0. The average Bonchev–Trinajstić information content (AvgIpc) is 2.83. The van der Waals surface area contributed by atoms with Gasteiger partial charge in [-0.3, -0.25) is 9.59 Å². The lowest BCUT2D eigenvalue weighted by atomic mass is 10.1. The van der Waals surface area contributed by atoms with Gasteiger partial charge >= 0.3 is 0 Å². The zero-order chi connectivity index (χ0) is 16.9. The maximum atomic E-state index is 12.4. The van der Waals surface area contributed by atoms with Crippen LogP contribution in [-0.2, 0) is 4.79 Å². The van der Waals surface area contributed by atoms with Crippen LogP contribution in [0.5, 0.6) is 11.5 Å². The summed E-state index contributed by atoms with van der Waals surface area (Å²) in [7, 11) is 2.07. The first-order chi connectivity index (χ1) is 11.6. The summed E-state index contributed by atoms with van der Waals surface area (Å²) >= 11 is 0.